The Morgan fingerprint density at radius 2 is 1.76 bits per heavy atom. The van der Waals surface area contributed by atoms with Crippen LogP contribution in [-0.2, 0) is 16.8 Å². The van der Waals surface area contributed by atoms with E-state index >= 15 is 4.39 Å². The van der Waals surface area contributed by atoms with Gasteiger partial charge in [-0.1, -0.05) is 54.9 Å². The maximum Gasteiger partial charge on any atom is 0.249 e. The molecule has 5 nitrogen and oxygen atoms in total. The zero-order valence-electron chi connectivity index (χ0n) is 21.4. The highest BCUT2D eigenvalue weighted by Crippen LogP contribution is 2.49. The fraction of sp³-hybridized carbons (Fsp3) is 0.355. The molecule has 7 heteroatoms. The van der Waals surface area contributed by atoms with Crippen molar-refractivity contribution in [3.05, 3.63) is 88.2 Å². The molecule has 0 unspecified atom stereocenters. The van der Waals surface area contributed by atoms with E-state index in [4.69, 9.17) is 22.1 Å². The highest BCUT2D eigenvalue weighted by Gasteiger charge is 2.43. The second kappa shape index (κ2) is 10.9. The first-order valence-corrected chi connectivity index (χ1v) is 13.6. The summed E-state index contributed by atoms with van der Waals surface area (Å²) in [5, 5.41) is 4.04. The molecule has 5 rings (SSSR count). The molecule has 1 atom stereocenters. The molecular formula is C31H32ClFN2O3. The number of benzene rings is 3. The van der Waals surface area contributed by atoms with Gasteiger partial charge in [-0.15, -0.1) is 0 Å². The Bertz CT molecular complexity index is 1350. The average molecular weight is 535 g/mol. The van der Waals surface area contributed by atoms with E-state index in [1.54, 1.807) is 12.1 Å². The summed E-state index contributed by atoms with van der Waals surface area (Å²) in [6.45, 7) is 2.46. The van der Waals surface area contributed by atoms with Gasteiger partial charge >= 0.3 is 0 Å². The Labute approximate surface area is 227 Å². The van der Waals surface area contributed by atoms with Gasteiger partial charge in [0, 0.05) is 58.6 Å². The first-order chi connectivity index (χ1) is 18.3. The second-order valence-electron chi connectivity index (χ2n) is 10.3. The molecule has 0 spiro atoms. The summed E-state index contributed by atoms with van der Waals surface area (Å²) in [4.78, 5) is 24.4. The normalized spacial score (nSPS) is 22.5. The van der Waals surface area contributed by atoms with Crippen LogP contribution in [0.2, 0.25) is 5.02 Å². The van der Waals surface area contributed by atoms with Crippen LogP contribution in [0.25, 0.3) is 11.1 Å². The topological polar surface area (TPSA) is 81.4 Å². The van der Waals surface area contributed by atoms with E-state index in [0.29, 0.717) is 41.5 Å². The Hall–Kier alpha value is -3.22. The van der Waals surface area contributed by atoms with Crippen molar-refractivity contribution in [2.75, 3.05) is 6.54 Å². The number of carbonyl (C=O) groups is 2. The van der Waals surface area contributed by atoms with Crippen LogP contribution in [0.1, 0.15) is 60.5 Å². The summed E-state index contributed by atoms with van der Waals surface area (Å²) in [7, 11) is 0. The molecule has 0 bridgehead atoms. The number of Topliss-reactive ketones (excluding diaryl/α,β-unsaturated/α-hetero) is 1. The fourth-order valence-electron chi connectivity index (χ4n) is 5.98. The minimum Gasteiger partial charge on any atom is -0.481 e. The quantitative estimate of drug-likeness (QED) is 0.360. The number of rotatable bonds is 8. The van der Waals surface area contributed by atoms with Crippen LogP contribution < -0.4 is 15.8 Å². The smallest absolute Gasteiger partial charge is 0.249 e. The van der Waals surface area contributed by atoms with Gasteiger partial charge < -0.3 is 15.8 Å². The summed E-state index contributed by atoms with van der Waals surface area (Å²) in [6.07, 6.45) is 4.69. The number of halogens is 2. The molecule has 1 saturated carbocycles. The number of carbonyl (C=O) groups excluding carboxylic acids is 2. The monoisotopic (exact) mass is 534 g/mol. The molecule has 0 aromatic heterocycles. The van der Waals surface area contributed by atoms with E-state index < -0.39 is 17.3 Å². The molecule has 38 heavy (non-hydrogen) atoms. The van der Waals surface area contributed by atoms with Gasteiger partial charge in [-0.2, -0.15) is 0 Å². The third-order valence-electron chi connectivity index (χ3n) is 8.02. The summed E-state index contributed by atoms with van der Waals surface area (Å²) in [5.74, 6) is -0.166. The number of nitrogens with one attached hydrogen (secondary N) is 1. The average Bonchev–Trinajstić information content (AvgIpc) is 3.32. The van der Waals surface area contributed by atoms with Crippen molar-refractivity contribution in [1.29, 1.82) is 0 Å². The molecule has 1 amide bonds. The lowest BCUT2D eigenvalue weighted by atomic mass is 9.82. The zero-order valence-corrected chi connectivity index (χ0v) is 22.2. The maximum absolute atomic E-state index is 15.2. The van der Waals surface area contributed by atoms with Crippen LogP contribution in [-0.4, -0.2) is 24.3 Å². The number of ether oxygens (including phenoxy) is 1. The van der Waals surface area contributed by atoms with Gasteiger partial charge in [0.25, 0.3) is 0 Å². The number of hydrogen-bond donors (Lipinski definition) is 2. The molecule has 3 aromatic rings. The van der Waals surface area contributed by atoms with Gasteiger partial charge in [0.15, 0.2) is 5.60 Å². The van der Waals surface area contributed by atoms with E-state index in [1.165, 1.54) is 18.2 Å². The number of nitrogens with two attached hydrogens (primary N) is 1. The molecule has 2 aliphatic rings. The van der Waals surface area contributed by atoms with E-state index in [2.05, 4.69) is 5.32 Å². The second-order valence-corrected chi connectivity index (χ2v) is 10.7. The summed E-state index contributed by atoms with van der Waals surface area (Å²) in [5.41, 5.74) is 7.21. The number of hydrogen-bond acceptors (Lipinski definition) is 4. The highest BCUT2D eigenvalue weighted by atomic mass is 35.5. The first kappa shape index (κ1) is 26.4. The molecule has 198 valence electrons. The predicted octanol–water partition coefficient (Wildman–Crippen LogP) is 6.20. The molecule has 0 saturated heterocycles. The van der Waals surface area contributed by atoms with Gasteiger partial charge in [0.05, 0.1) is 0 Å². The maximum atomic E-state index is 15.2. The number of amides is 1. The first-order valence-electron chi connectivity index (χ1n) is 13.2. The molecule has 1 aliphatic heterocycles. The van der Waals surface area contributed by atoms with Crippen molar-refractivity contribution >= 4 is 23.3 Å². The lowest BCUT2D eigenvalue weighted by Crippen LogP contribution is -2.46. The third kappa shape index (κ3) is 4.95. The van der Waals surface area contributed by atoms with Crippen LogP contribution >= 0.6 is 11.6 Å². The summed E-state index contributed by atoms with van der Waals surface area (Å²) < 4.78 is 21.9. The van der Waals surface area contributed by atoms with E-state index in [-0.39, 0.29) is 23.1 Å². The minimum absolute atomic E-state index is 0.0778. The lowest BCUT2D eigenvalue weighted by molar-refractivity contribution is -0.123. The van der Waals surface area contributed by atoms with Crippen LogP contribution in [0.3, 0.4) is 0 Å². The Morgan fingerprint density at radius 3 is 2.45 bits per heavy atom. The van der Waals surface area contributed by atoms with Crippen molar-refractivity contribution in [2.45, 2.75) is 57.1 Å². The Balaban J connectivity index is 1.49. The highest BCUT2D eigenvalue weighted by molar-refractivity contribution is 6.34. The molecular weight excluding hydrogens is 503 g/mol. The summed E-state index contributed by atoms with van der Waals surface area (Å²) in [6, 6.07) is 18.0. The van der Waals surface area contributed by atoms with Crippen LogP contribution in [0.5, 0.6) is 5.75 Å². The van der Waals surface area contributed by atoms with Crippen molar-refractivity contribution < 1.29 is 18.7 Å². The largest absolute Gasteiger partial charge is 0.481 e. The summed E-state index contributed by atoms with van der Waals surface area (Å²) >= 11 is 6.66. The number of fused-ring (bicyclic) bond motifs is 1. The van der Waals surface area contributed by atoms with Gasteiger partial charge in [-0.25, -0.2) is 4.39 Å². The molecule has 1 heterocycles. The van der Waals surface area contributed by atoms with Crippen molar-refractivity contribution in [1.82, 2.24) is 5.32 Å². The van der Waals surface area contributed by atoms with Crippen molar-refractivity contribution in [3.8, 4) is 16.9 Å². The Morgan fingerprint density at radius 1 is 1.03 bits per heavy atom. The van der Waals surface area contributed by atoms with Gasteiger partial charge in [-0.3, -0.25) is 9.59 Å². The van der Waals surface area contributed by atoms with Gasteiger partial charge in [0.2, 0.25) is 5.91 Å². The third-order valence-corrected chi connectivity index (χ3v) is 8.34. The van der Waals surface area contributed by atoms with Crippen LogP contribution in [0, 0.1) is 11.7 Å². The molecule has 3 N–H and O–H groups in total. The predicted molar refractivity (Wildman–Crippen MR) is 147 cm³/mol. The standard InChI is InChI=1S/C31H32ClFN2O3/c1-2-26(36)19-11-13-21(14-12-19)35-18-31(20-7-4-3-5-8-20)17-23-27(38-31)16-15-24(32)28(23)29-22(30(34)37)9-6-10-25(29)33/h3-10,15-16,19,21,35H,2,11-14,17-18H2,1H3,(H2,34,37)/t19?,21?,31-/m1/s1. The van der Waals surface area contributed by atoms with E-state index in [0.717, 1.165) is 36.8 Å². The van der Waals surface area contributed by atoms with Crippen LogP contribution in [0.4, 0.5) is 4.39 Å². The molecule has 3 aromatic carbocycles. The van der Waals surface area contributed by atoms with Crippen molar-refractivity contribution in [3.63, 3.8) is 0 Å². The van der Waals surface area contributed by atoms with E-state index in [1.807, 2.05) is 37.3 Å². The lowest BCUT2D eigenvalue weighted by Gasteiger charge is -2.34. The van der Waals surface area contributed by atoms with E-state index in [9.17, 15) is 9.59 Å². The van der Waals surface area contributed by atoms with Gasteiger partial charge in [0.1, 0.15) is 17.3 Å². The number of ketones is 1. The van der Waals surface area contributed by atoms with Crippen molar-refractivity contribution in [2.24, 2.45) is 11.7 Å². The zero-order chi connectivity index (χ0) is 26.9. The molecule has 1 fully saturated rings. The minimum atomic E-state index is -0.753. The number of primary amides is 1. The molecule has 0 radical (unpaired) electrons. The van der Waals surface area contributed by atoms with Gasteiger partial charge in [-0.05, 0) is 55.5 Å². The SMILES string of the molecule is CCC(=O)C1CCC(NC[C@@]2(c3ccccc3)Cc3c(ccc(Cl)c3-c3c(F)cccc3C(N)=O)O2)CC1. The van der Waals surface area contributed by atoms with Crippen LogP contribution in [0.15, 0.2) is 60.7 Å². The molecule has 1 aliphatic carbocycles. The fourth-order valence-corrected chi connectivity index (χ4v) is 6.25. The Kier molecular flexibility index (Phi) is 7.55.